The van der Waals surface area contributed by atoms with Crippen LogP contribution in [0.15, 0.2) is 41.3 Å². The first-order chi connectivity index (χ1) is 17.6. The Hall–Kier alpha value is -3.61. The Morgan fingerprint density at radius 3 is 2.34 bits per heavy atom. The molecule has 1 fully saturated rings. The monoisotopic (exact) mass is 555 g/mol. The first-order valence-corrected chi connectivity index (χ1v) is 13.2. The van der Waals surface area contributed by atoms with Gasteiger partial charge in [0.25, 0.3) is 11.8 Å². The smallest absolute Gasteiger partial charge is 0.434 e. The summed E-state index contributed by atoms with van der Waals surface area (Å²) in [4.78, 5) is 13.0. The number of rotatable bonds is 6. The van der Waals surface area contributed by atoms with Crippen LogP contribution in [-0.2, 0) is 21.4 Å². The van der Waals surface area contributed by atoms with Crippen LogP contribution < -0.4 is 10.1 Å². The number of carbonyl (C=O) groups is 1. The van der Waals surface area contributed by atoms with Crippen LogP contribution >= 0.6 is 0 Å². The van der Waals surface area contributed by atoms with Crippen molar-refractivity contribution in [3.8, 4) is 11.6 Å². The minimum atomic E-state index is -4.99. The molecule has 202 valence electrons. The second-order valence-corrected chi connectivity index (χ2v) is 11.4. The van der Waals surface area contributed by atoms with Crippen LogP contribution in [0.25, 0.3) is 0 Å². The number of ether oxygens (including phenoxy) is 1. The Bertz CT molecular complexity index is 1540. The highest BCUT2D eigenvalue weighted by Gasteiger charge is 2.39. The second-order valence-electron chi connectivity index (χ2n) is 9.36. The molecule has 7 nitrogen and oxygen atoms in total. The van der Waals surface area contributed by atoms with Crippen LogP contribution in [0, 0.1) is 18.6 Å². The van der Waals surface area contributed by atoms with Crippen molar-refractivity contribution in [2.24, 2.45) is 0 Å². The molecule has 0 saturated heterocycles. The van der Waals surface area contributed by atoms with Gasteiger partial charge < -0.3 is 10.1 Å². The zero-order valence-electron chi connectivity index (χ0n) is 20.4. The van der Waals surface area contributed by atoms with Gasteiger partial charge >= 0.3 is 6.18 Å². The predicted molar refractivity (Wildman–Crippen MR) is 127 cm³/mol. The van der Waals surface area contributed by atoms with Crippen molar-refractivity contribution in [1.29, 1.82) is 0 Å². The molecule has 4 rings (SSSR count). The number of aromatic nitrogens is 2. The highest BCUT2D eigenvalue weighted by atomic mass is 32.2. The lowest BCUT2D eigenvalue weighted by atomic mass is 9.66. The van der Waals surface area contributed by atoms with Crippen molar-refractivity contribution >= 4 is 21.4 Å². The third kappa shape index (κ3) is 5.19. The van der Waals surface area contributed by atoms with Gasteiger partial charge in [0.15, 0.2) is 27.1 Å². The minimum absolute atomic E-state index is 0.0519. The Morgan fingerprint density at radius 2 is 1.76 bits per heavy atom. The van der Waals surface area contributed by atoms with Crippen LogP contribution in [0.1, 0.15) is 53.4 Å². The van der Waals surface area contributed by atoms with Gasteiger partial charge in [0.1, 0.15) is 5.56 Å². The van der Waals surface area contributed by atoms with Crippen molar-refractivity contribution in [3.05, 3.63) is 70.4 Å². The first-order valence-electron chi connectivity index (χ1n) is 11.3. The summed E-state index contributed by atoms with van der Waals surface area (Å²) in [6.45, 7) is 2.74. The fourth-order valence-electron chi connectivity index (χ4n) is 4.26. The SMILES string of the molecule is Cc1c(C(F)(F)F)nnc(Oc2ccc(C3(C)CCC3)c(F)c2F)c1C(=O)Nc1cccc(S(C)(=O)=O)c1. The molecule has 0 radical (unpaired) electrons. The lowest BCUT2D eigenvalue weighted by Crippen LogP contribution is -2.31. The molecule has 0 atom stereocenters. The Labute approximate surface area is 215 Å². The van der Waals surface area contributed by atoms with Gasteiger partial charge in [-0.1, -0.05) is 25.5 Å². The van der Waals surface area contributed by atoms with Gasteiger partial charge in [0, 0.05) is 11.9 Å². The molecular weight excluding hydrogens is 533 g/mol. The van der Waals surface area contributed by atoms with E-state index in [4.69, 9.17) is 4.74 Å². The van der Waals surface area contributed by atoms with Crippen LogP contribution in [0.5, 0.6) is 11.6 Å². The summed E-state index contributed by atoms with van der Waals surface area (Å²) in [6, 6.07) is 7.46. The van der Waals surface area contributed by atoms with E-state index in [1.54, 1.807) is 6.92 Å². The Balaban J connectivity index is 1.76. The quantitative estimate of drug-likeness (QED) is 0.377. The molecule has 13 heteroatoms. The fraction of sp³-hybridized carbons (Fsp3) is 0.320. The standard InChI is InChI=1S/C25H22F5N3O4S/c1-13-18(22(34)31-14-6-4-7-15(12-14)38(3,35)36)23(33-32-21(13)25(28,29)30)37-17-9-8-16(19(26)20(17)27)24(2)10-5-11-24/h4,6-9,12H,5,10-11H2,1-3H3,(H,31,34). The van der Waals surface area contributed by atoms with Crippen LogP contribution in [0.2, 0.25) is 0 Å². The Morgan fingerprint density at radius 1 is 1.08 bits per heavy atom. The largest absolute Gasteiger partial charge is 0.435 e. The molecule has 0 bridgehead atoms. The topological polar surface area (TPSA) is 98.2 Å². The van der Waals surface area contributed by atoms with E-state index in [0.717, 1.165) is 31.7 Å². The second kappa shape index (κ2) is 9.61. The van der Waals surface area contributed by atoms with Crippen molar-refractivity contribution in [1.82, 2.24) is 10.2 Å². The first kappa shape index (κ1) is 27.4. The highest BCUT2D eigenvalue weighted by molar-refractivity contribution is 7.90. The van der Waals surface area contributed by atoms with Crippen LogP contribution in [0.4, 0.5) is 27.6 Å². The number of hydrogen-bond donors (Lipinski definition) is 1. The number of halogens is 5. The summed E-state index contributed by atoms with van der Waals surface area (Å²) >= 11 is 0. The molecule has 2 aromatic carbocycles. The molecule has 1 aromatic heterocycles. The van der Waals surface area contributed by atoms with Crippen LogP contribution in [-0.4, -0.2) is 30.8 Å². The average molecular weight is 556 g/mol. The molecule has 1 heterocycles. The van der Waals surface area contributed by atoms with E-state index in [2.05, 4.69) is 15.5 Å². The third-order valence-corrected chi connectivity index (χ3v) is 7.67. The molecule has 38 heavy (non-hydrogen) atoms. The summed E-state index contributed by atoms with van der Waals surface area (Å²) in [5.41, 5.74) is -3.36. The molecule has 0 unspecified atom stereocenters. The van der Waals surface area contributed by atoms with E-state index in [0.29, 0.717) is 12.8 Å². The van der Waals surface area contributed by atoms with E-state index in [9.17, 15) is 35.2 Å². The minimum Gasteiger partial charge on any atom is -0.434 e. The number of benzene rings is 2. The summed E-state index contributed by atoms with van der Waals surface area (Å²) in [5.74, 6) is -5.21. The van der Waals surface area contributed by atoms with Gasteiger partial charge in [-0.25, -0.2) is 12.8 Å². The highest BCUT2D eigenvalue weighted by Crippen LogP contribution is 2.45. The van der Waals surface area contributed by atoms with Gasteiger partial charge in [0.2, 0.25) is 5.82 Å². The zero-order chi connectivity index (χ0) is 28.0. The van der Waals surface area contributed by atoms with Gasteiger partial charge in [-0.3, -0.25) is 4.79 Å². The fourth-order valence-corrected chi connectivity index (χ4v) is 4.93. The van der Waals surface area contributed by atoms with Gasteiger partial charge in [-0.15, -0.1) is 10.2 Å². The molecule has 1 aliphatic carbocycles. The number of sulfone groups is 1. The number of carbonyl (C=O) groups excluding carboxylic acids is 1. The third-order valence-electron chi connectivity index (χ3n) is 6.56. The lowest BCUT2D eigenvalue weighted by Gasteiger charge is -2.39. The van der Waals surface area contributed by atoms with E-state index in [-0.39, 0.29) is 16.1 Å². The number of nitrogens with one attached hydrogen (secondary N) is 1. The van der Waals surface area contributed by atoms with Gasteiger partial charge in [0.05, 0.1) is 4.90 Å². The van der Waals surface area contributed by atoms with E-state index in [1.807, 2.05) is 0 Å². The number of nitrogens with zero attached hydrogens (tertiary/aromatic N) is 2. The van der Waals surface area contributed by atoms with Crippen molar-refractivity contribution in [2.45, 2.75) is 49.6 Å². The maximum Gasteiger partial charge on any atom is 0.435 e. The molecule has 0 spiro atoms. The van der Waals surface area contributed by atoms with Gasteiger partial charge in [-0.05, 0) is 60.6 Å². The van der Waals surface area contributed by atoms with Gasteiger partial charge in [-0.2, -0.15) is 17.6 Å². The molecule has 3 aromatic rings. The predicted octanol–water partition coefficient (Wildman–Crippen LogP) is 5.97. The maximum absolute atomic E-state index is 15.0. The van der Waals surface area contributed by atoms with E-state index >= 15 is 0 Å². The molecule has 1 amide bonds. The van der Waals surface area contributed by atoms with E-state index < -0.39 is 67.4 Å². The zero-order valence-corrected chi connectivity index (χ0v) is 21.2. The summed E-state index contributed by atoms with van der Waals surface area (Å²) < 4.78 is 99.4. The Kier molecular flexibility index (Phi) is 6.93. The lowest BCUT2D eigenvalue weighted by molar-refractivity contribution is -0.142. The van der Waals surface area contributed by atoms with Crippen LogP contribution in [0.3, 0.4) is 0 Å². The maximum atomic E-state index is 15.0. The van der Waals surface area contributed by atoms with Crippen molar-refractivity contribution < 1.29 is 39.9 Å². The molecule has 0 aliphatic heterocycles. The van der Waals surface area contributed by atoms with Crippen molar-refractivity contribution in [3.63, 3.8) is 0 Å². The molecule has 1 saturated carbocycles. The number of amides is 1. The summed E-state index contributed by atoms with van der Waals surface area (Å²) in [6.07, 6.45) is -1.85. The summed E-state index contributed by atoms with van der Waals surface area (Å²) in [5, 5.41) is 8.75. The molecule has 1 aliphatic rings. The van der Waals surface area contributed by atoms with E-state index in [1.165, 1.54) is 24.3 Å². The molecule has 1 N–H and O–H groups in total. The number of alkyl halides is 3. The number of anilines is 1. The number of hydrogen-bond acceptors (Lipinski definition) is 6. The average Bonchev–Trinajstić information content (AvgIpc) is 2.79. The normalized spacial score (nSPS) is 15.1. The summed E-state index contributed by atoms with van der Waals surface area (Å²) in [7, 11) is -3.65. The molecular formula is C25H22F5N3O4S. The van der Waals surface area contributed by atoms with Crippen molar-refractivity contribution in [2.75, 3.05) is 11.6 Å².